The van der Waals surface area contributed by atoms with Gasteiger partial charge in [-0.1, -0.05) is 30.3 Å². The van der Waals surface area contributed by atoms with E-state index in [4.69, 9.17) is 5.11 Å². The summed E-state index contributed by atoms with van der Waals surface area (Å²) in [6, 6.07) is 9.52. The molecule has 0 radical (unpaired) electrons. The molecule has 1 heterocycles. The minimum atomic E-state index is -0.828. The summed E-state index contributed by atoms with van der Waals surface area (Å²) in [5.41, 5.74) is 0.958. The molecule has 0 spiro atoms. The number of halogens is 1. The summed E-state index contributed by atoms with van der Waals surface area (Å²) < 4.78 is 0. The number of aliphatic carboxylic acids is 1. The Morgan fingerprint density at radius 2 is 2.06 bits per heavy atom. The van der Waals surface area contributed by atoms with Crippen molar-refractivity contribution in [3.63, 3.8) is 0 Å². The molecule has 0 saturated carbocycles. The maximum absolute atomic E-state index is 10.8. The second-order valence-corrected chi connectivity index (χ2v) is 3.54. The maximum Gasteiger partial charge on any atom is 0.304 e. The zero-order valence-electron chi connectivity index (χ0n) is 9.04. The van der Waals surface area contributed by atoms with Gasteiger partial charge in [0.2, 0.25) is 0 Å². The number of nitrogens with zero attached hydrogens (tertiary/aromatic N) is 1. The molecule has 90 valence electrons. The van der Waals surface area contributed by atoms with Crippen LogP contribution in [0.5, 0.6) is 0 Å². The number of hydrogen-bond acceptors (Lipinski definition) is 2. The van der Waals surface area contributed by atoms with E-state index >= 15 is 0 Å². The number of nitrogens with one attached hydrogen (secondary N) is 1. The van der Waals surface area contributed by atoms with Gasteiger partial charge in [-0.2, -0.15) is 0 Å². The standard InChI is InChI=1S/C12H12N2O2.ClH/c15-11(16)8-10(12-13-6-7-14-12)9-4-2-1-3-5-9;/h1-7,10H,8H2,(H,13,14)(H,15,16);1H. The summed E-state index contributed by atoms with van der Waals surface area (Å²) in [5.74, 6) is -0.354. The second kappa shape index (κ2) is 6.06. The fourth-order valence-corrected chi connectivity index (χ4v) is 1.70. The van der Waals surface area contributed by atoms with Gasteiger partial charge in [-0.15, -0.1) is 12.4 Å². The van der Waals surface area contributed by atoms with E-state index < -0.39 is 5.97 Å². The van der Waals surface area contributed by atoms with Crippen LogP contribution >= 0.6 is 12.4 Å². The summed E-state index contributed by atoms with van der Waals surface area (Å²) in [6.45, 7) is 0. The Morgan fingerprint density at radius 3 is 2.59 bits per heavy atom. The number of aromatic amines is 1. The summed E-state index contributed by atoms with van der Waals surface area (Å²) in [5, 5.41) is 8.90. The van der Waals surface area contributed by atoms with Crippen LogP contribution in [-0.2, 0) is 4.79 Å². The third-order valence-electron chi connectivity index (χ3n) is 2.43. The van der Waals surface area contributed by atoms with Crippen molar-refractivity contribution in [3.05, 3.63) is 54.1 Å². The zero-order chi connectivity index (χ0) is 11.4. The minimum Gasteiger partial charge on any atom is -0.481 e. The van der Waals surface area contributed by atoms with Crippen molar-refractivity contribution in [3.8, 4) is 0 Å². The van der Waals surface area contributed by atoms with Gasteiger partial charge >= 0.3 is 5.97 Å². The number of hydrogen-bond donors (Lipinski definition) is 2. The Bertz CT molecular complexity index is 457. The quantitative estimate of drug-likeness (QED) is 0.878. The molecule has 17 heavy (non-hydrogen) atoms. The molecule has 0 amide bonds. The monoisotopic (exact) mass is 252 g/mol. The number of aromatic nitrogens is 2. The van der Waals surface area contributed by atoms with E-state index in [0.717, 1.165) is 5.56 Å². The van der Waals surface area contributed by atoms with E-state index in [2.05, 4.69) is 9.97 Å². The van der Waals surface area contributed by atoms with Crippen LogP contribution < -0.4 is 0 Å². The lowest BCUT2D eigenvalue weighted by atomic mass is 9.95. The molecule has 2 rings (SSSR count). The van der Waals surface area contributed by atoms with Crippen LogP contribution in [0.25, 0.3) is 0 Å². The number of rotatable bonds is 4. The third kappa shape index (κ3) is 3.32. The van der Waals surface area contributed by atoms with Crippen LogP contribution in [0.3, 0.4) is 0 Å². The molecule has 1 atom stereocenters. The number of benzene rings is 1. The molecule has 1 unspecified atom stereocenters. The van der Waals surface area contributed by atoms with Crippen LogP contribution in [0.1, 0.15) is 23.7 Å². The van der Waals surface area contributed by atoms with Crippen molar-refractivity contribution < 1.29 is 9.90 Å². The largest absolute Gasteiger partial charge is 0.481 e. The predicted octanol–water partition coefficient (Wildman–Crippen LogP) is 2.44. The molecule has 2 aromatic rings. The first-order chi connectivity index (χ1) is 7.77. The highest BCUT2D eigenvalue weighted by molar-refractivity contribution is 5.85. The third-order valence-corrected chi connectivity index (χ3v) is 2.43. The van der Waals surface area contributed by atoms with Gasteiger partial charge in [-0.25, -0.2) is 4.98 Å². The fourth-order valence-electron chi connectivity index (χ4n) is 1.70. The lowest BCUT2D eigenvalue weighted by Gasteiger charge is -2.12. The molecule has 0 aliphatic heterocycles. The lowest BCUT2D eigenvalue weighted by molar-refractivity contribution is -0.137. The first-order valence-corrected chi connectivity index (χ1v) is 5.03. The van der Waals surface area contributed by atoms with E-state index in [9.17, 15) is 4.79 Å². The Kier molecular flexibility index (Phi) is 4.72. The highest BCUT2D eigenvalue weighted by atomic mass is 35.5. The van der Waals surface area contributed by atoms with E-state index in [0.29, 0.717) is 5.82 Å². The van der Waals surface area contributed by atoms with Gasteiger partial charge in [-0.3, -0.25) is 4.79 Å². The smallest absolute Gasteiger partial charge is 0.304 e. The topological polar surface area (TPSA) is 66.0 Å². The molecular formula is C12H13ClN2O2. The van der Waals surface area contributed by atoms with Crippen LogP contribution in [0.4, 0.5) is 0 Å². The van der Waals surface area contributed by atoms with Crippen molar-refractivity contribution in [2.24, 2.45) is 0 Å². The summed E-state index contributed by atoms with van der Waals surface area (Å²) >= 11 is 0. The van der Waals surface area contributed by atoms with Crippen molar-refractivity contribution in [1.82, 2.24) is 9.97 Å². The molecule has 0 saturated heterocycles. The summed E-state index contributed by atoms with van der Waals surface area (Å²) in [7, 11) is 0. The maximum atomic E-state index is 10.8. The Labute approximate surface area is 105 Å². The average Bonchev–Trinajstić information content (AvgIpc) is 2.80. The number of carbonyl (C=O) groups is 1. The Morgan fingerprint density at radius 1 is 1.35 bits per heavy atom. The molecule has 2 N–H and O–H groups in total. The van der Waals surface area contributed by atoms with E-state index in [1.807, 2.05) is 30.3 Å². The molecule has 0 bridgehead atoms. The normalized spacial score (nSPS) is 11.5. The highest BCUT2D eigenvalue weighted by Crippen LogP contribution is 2.24. The highest BCUT2D eigenvalue weighted by Gasteiger charge is 2.19. The van der Waals surface area contributed by atoms with E-state index in [1.54, 1.807) is 12.4 Å². The molecule has 0 fully saturated rings. The molecule has 1 aromatic heterocycles. The fraction of sp³-hybridized carbons (Fsp3) is 0.167. The molecule has 1 aromatic carbocycles. The lowest BCUT2D eigenvalue weighted by Crippen LogP contribution is -2.09. The summed E-state index contributed by atoms with van der Waals surface area (Å²) in [4.78, 5) is 17.9. The van der Waals surface area contributed by atoms with Crippen LogP contribution in [0.2, 0.25) is 0 Å². The van der Waals surface area contributed by atoms with Crippen molar-refractivity contribution in [2.75, 3.05) is 0 Å². The molecular weight excluding hydrogens is 240 g/mol. The Balaban J connectivity index is 0.00000144. The average molecular weight is 253 g/mol. The van der Waals surface area contributed by atoms with Crippen molar-refractivity contribution in [2.45, 2.75) is 12.3 Å². The predicted molar refractivity (Wildman–Crippen MR) is 66.4 cm³/mol. The zero-order valence-corrected chi connectivity index (χ0v) is 9.85. The van der Waals surface area contributed by atoms with Crippen LogP contribution in [-0.4, -0.2) is 21.0 Å². The van der Waals surface area contributed by atoms with Crippen LogP contribution in [0.15, 0.2) is 42.7 Å². The SMILES string of the molecule is Cl.O=C(O)CC(c1ccccc1)c1ncc[nH]1. The molecule has 0 aliphatic rings. The second-order valence-electron chi connectivity index (χ2n) is 3.54. The van der Waals surface area contributed by atoms with Gasteiger partial charge in [0.05, 0.1) is 12.3 Å². The van der Waals surface area contributed by atoms with Gasteiger partial charge in [-0.05, 0) is 5.56 Å². The van der Waals surface area contributed by atoms with Crippen molar-refractivity contribution >= 4 is 18.4 Å². The summed E-state index contributed by atoms with van der Waals surface area (Å²) in [6.07, 6.45) is 3.37. The van der Waals surface area contributed by atoms with Gasteiger partial charge < -0.3 is 10.1 Å². The van der Waals surface area contributed by atoms with Crippen LogP contribution in [0, 0.1) is 0 Å². The van der Waals surface area contributed by atoms with Gasteiger partial charge in [0.15, 0.2) is 0 Å². The molecule has 4 nitrogen and oxygen atoms in total. The van der Waals surface area contributed by atoms with Gasteiger partial charge in [0, 0.05) is 12.4 Å². The number of carboxylic acid groups (broad SMARTS) is 1. The molecule has 0 aliphatic carbocycles. The number of carboxylic acids is 1. The van der Waals surface area contributed by atoms with Crippen molar-refractivity contribution in [1.29, 1.82) is 0 Å². The first-order valence-electron chi connectivity index (χ1n) is 5.03. The van der Waals surface area contributed by atoms with Gasteiger partial charge in [0.1, 0.15) is 5.82 Å². The van der Waals surface area contributed by atoms with E-state index in [-0.39, 0.29) is 24.7 Å². The van der Waals surface area contributed by atoms with Gasteiger partial charge in [0.25, 0.3) is 0 Å². The Hall–Kier alpha value is -1.81. The number of H-pyrrole nitrogens is 1. The molecule has 5 heteroatoms. The van der Waals surface area contributed by atoms with E-state index in [1.165, 1.54) is 0 Å². The first kappa shape index (κ1) is 13.3. The number of imidazole rings is 1. The minimum absolute atomic E-state index is 0.